The summed E-state index contributed by atoms with van der Waals surface area (Å²) in [5.74, 6) is -0.478. The highest BCUT2D eigenvalue weighted by molar-refractivity contribution is 6.30. The van der Waals surface area contributed by atoms with Crippen molar-refractivity contribution in [1.82, 2.24) is 0 Å². The van der Waals surface area contributed by atoms with Gasteiger partial charge in [-0.05, 0) is 24.1 Å². The molecule has 0 spiro atoms. The summed E-state index contributed by atoms with van der Waals surface area (Å²) < 4.78 is 12.8. The molecule has 0 unspecified atom stereocenters. The van der Waals surface area contributed by atoms with Crippen molar-refractivity contribution in [1.29, 1.82) is 0 Å². The number of nitrogens with two attached hydrogens (primary N) is 1. The third-order valence-electron chi connectivity index (χ3n) is 2.16. The Kier molecular flexibility index (Phi) is 3.86. The molecule has 0 aliphatic carbocycles. The van der Waals surface area contributed by atoms with Gasteiger partial charge in [0.05, 0.1) is 17.2 Å². The van der Waals surface area contributed by atoms with Crippen LogP contribution in [0, 0.1) is 5.82 Å². The van der Waals surface area contributed by atoms with E-state index in [2.05, 4.69) is 0 Å². The maximum absolute atomic E-state index is 12.8. The van der Waals surface area contributed by atoms with Gasteiger partial charge in [-0.15, -0.1) is 0 Å². The Balaban J connectivity index is 2.91. The van der Waals surface area contributed by atoms with Crippen LogP contribution in [-0.2, 0) is 0 Å². The Morgan fingerprint density at radius 1 is 1.57 bits per heavy atom. The van der Waals surface area contributed by atoms with Crippen LogP contribution in [0.2, 0.25) is 5.02 Å². The lowest BCUT2D eigenvalue weighted by Crippen LogP contribution is -2.25. The standard InChI is InChI=1S/C10H13ClFNO/c1-2-9(14)10(13)6-3-4-8(12)7(11)5-6/h3-5,9-10,14H,2,13H2,1H3/t9-,10+/m0/s1. The molecule has 0 fully saturated rings. The van der Waals surface area contributed by atoms with Crippen molar-refractivity contribution >= 4 is 11.6 Å². The molecule has 0 aliphatic rings. The summed E-state index contributed by atoms with van der Waals surface area (Å²) in [5, 5.41) is 9.51. The number of hydrogen-bond acceptors (Lipinski definition) is 2. The molecule has 0 bridgehead atoms. The topological polar surface area (TPSA) is 46.2 Å². The fourth-order valence-corrected chi connectivity index (χ4v) is 1.38. The Morgan fingerprint density at radius 3 is 2.71 bits per heavy atom. The van der Waals surface area contributed by atoms with Gasteiger partial charge in [-0.3, -0.25) is 0 Å². The number of halogens is 2. The van der Waals surface area contributed by atoms with E-state index in [9.17, 15) is 9.50 Å². The highest BCUT2D eigenvalue weighted by Crippen LogP contribution is 2.22. The molecule has 0 heterocycles. The number of aliphatic hydroxyl groups is 1. The van der Waals surface area contributed by atoms with Gasteiger partial charge in [-0.25, -0.2) is 4.39 Å². The molecule has 0 amide bonds. The molecule has 0 radical (unpaired) electrons. The molecule has 0 saturated carbocycles. The lowest BCUT2D eigenvalue weighted by molar-refractivity contribution is 0.140. The van der Waals surface area contributed by atoms with Crippen LogP contribution in [0.3, 0.4) is 0 Å². The van der Waals surface area contributed by atoms with E-state index in [4.69, 9.17) is 17.3 Å². The van der Waals surface area contributed by atoms with Crippen molar-refractivity contribution in [3.63, 3.8) is 0 Å². The summed E-state index contributed by atoms with van der Waals surface area (Å²) in [6.07, 6.45) is -0.0765. The molecule has 1 aromatic rings. The van der Waals surface area contributed by atoms with Crippen molar-refractivity contribution in [3.8, 4) is 0 Å². The van der Waals surface area contributed by atoms with Crippen LogP contribution in [0.15, 0.2) is 18.2 Å². The summed E-state index contributed by atoms with van der Waals surface area (Å²) >= 11 is 5.59. The van der Waals surface area contributed by atoms with Crippen LogP contribution in [0.25, 0.3) is 0 Å². The lowest BCUT2D eigenvalue weighted by atomic mass is 10.0. The molecule has 3 N–H and O–H groups in total. The number of hydrogen-bond donors (Lipinski definition) is 2. The molecule has 4 heteroatoms. The minimum atomic E-state index is -0.628. The van der Waals surface area contributed by atoms with E-state index in [1.54, 1.807) is 0 Å². The Morgan fingerprint density at radius 2 is 2.21 bits per heavy atom. The van der Waals surface area contributed by atoms with Crippen LogP contribution >= 0.6 is 11.6 Å². The first-order chi connectivity index (χ1) is 6.56. The van der Waals surface area contributed by atoms with Crippen molar-refractivity contribution in [2.45, 2.75) is 25.5 Å². The number of aliphatic hydroxyl groups excluding tert-OH is 1. The van der Waals surface area contributed by atoms with E-state index in [0.717, 1.165) is 0 Å². The Labute approximate surface area is 87.5 Å². The predicted octanol–water partition coefficient (Wildman–Crippen LogP) is 2.25. The molecule has 78 valence electrons. The average molecular weight is 218 g/mol. The first kappa shape index (κ1) is 11.4. The molecule has 2 nitrogen and oxygen atoms in total. The SMILES string of the molecule is CC[C@H](O)[C@H](N)c1ccc(F)c(Cl)c1. The maximum atomic E-state index is 12.8. The van der Waals surface area contributed by atoms with Gasteiger partial charge in [0.1, 0.15) is 5.82 Å². The highest BCUT2D eigenvalue weighted by Gasteiger charge is 2.15. The van der Waals surface area contributed by atoms with Gasteiger partial charge in [0.2, 0.25) is 0 Å². The molecule has 2 atom stereocenters. The van der Waals surface area contributed by atoms with Gasteiger partial charge in [0, 0.05) is 0 Å². The lowest BCUT2D eigenvalue weighted by Gasteiger charge is -2.17. The largest absolute Gasteiger partial charge is 0.391 e. The van der Waals surface area contributed by atoms with Gasteiger partial charge in [0.15, 0.2) is 0 Å². The molecule has 1 rings (SSSR count). The van der Waals surface area contributed by atoms with Crippen LogP contribution in [0.5, 0.6) is 0 Å². The number of benzene rings is 1. The second-order valence-corrected chi connectivity index (χ2v) is 3.58. The normalized spacial score (nSPS) is 15.2. The van der Waals surface area contributed by atoms with Crippen molar-refractivity contribution in [2.75, 3.05) is 0 Å². The van der Waals surface area contributed by atoms with Crippen LogP contribution < -0.4 is 5.73 Å². The van der Waals surface area contributed by atoms with E-state index < -0.39 is 18.0 Å². The molecular formula is C10H13ClFNO. The zero-order valence-corrected chi connectivity index (χ0v) is 8.63. The fraction of sp³-hybridized carbons (Fsp3) is 0.400. The predicted molar refractivity (Wildman–Crippen MR) is 54.6 cm³/mol. The van der Waals surface area contributed by atoms with Crippen molar-refractivity contribution in [3.05, 3.63) is 34.6 Å². The van der Waals surface area contributed by atoms with E-state index in [1.165, 1.54) is 18.2 Å². The highest BCUT2D eigenvalue weighted by atomic mass is 35.5. The van der Waals surface area contributed by atoms with Crippen LogP contribution in [-0.4, -0.2) is 11.2 Å². The monoisotopic (exact) mass is 217 g/mol. The fourth-order valence-electron chi connectivity index (χ4n) is 1.20. The van der Waals surface area contributed by atoms with Crippen molar-refractivity contribution < 1.29 is 9.50 Å². The van der Waals surface area contributed by atoms with Gasteiger partial charge in [-0.1, -0.05) is 24.6 Å². The first-order valence-electron chi connectivity index (χ1n) is 4.44. The van der Waals surface area contributed by atoms with Gasteiger partial charge in [0.25, 0.3) is 0 Å². The summed E-state index contributed by atoms with van der Waals surface area (Å²) in [7, 11) is 0. The minimum Gasteiger partial charge on any atom is -0.391 e. The smallest absolute Gasteiger partial charge is 0.141 e. The maximum Gasteiger partial charge on any atom is 0.141 e. The first-order valence-corrected chi connectivity index (χ1v) is 4.82. The summed E-state index contributed by atoms with van der Waals surface area (Å²) in [6, 6.07) is 3.71. The van der Waals surface area contributed by atoms with Crippen LogP contribution in [0.4, 0.5) is 4.39 Å². The molecule has 0 saturated heterocycles. The van der Waals surface area contributed by atoms with Crippen molar-refractivity contribution in [2.24, 2.45) is 5.73 Å². The quantitative estimate of drug-likeness (QED) is 0.816. The second kappa shape index (κ2) is 4.73. The average Bonchev–Trinajstić information content (AvgIpc) is 2.20. The van der Waals surface area contributed by atoms with E-state index >= 15 is 0 Å². The third-order valence-corrected chi connectivity index (χ3v) is 2.45. The number of rotatable bonds is 3. The van der Waals surface area contributed by atoms with Gasteiger partial charge in [-0.2, -0.15) is 0 Å². The Bertz CT molecular complexity index is 319. The van der Waals surface area contributed by atoms with Crippen LogP contribution in [0.1, 0.15) is 24.9 Å². The van der Waals surface area contributed by atoms with E-state index in [1.807, 2.05) is 6.92 Å². The summed E-state index contributed by atoms with van der Waals surface area (Å²) in [6.45, 7) is 1.83. The molecular weight excluding hydrogens is 205 g/mol. The minimum absolute atomic E-state index is 0.0289. The summed E-state index contributed by atoms with van der Waals surface area (Å²) in [4.78, 5) is 0. The van der Waals surface area contributed by atoms with E-state index in [0.29, 0.717) is 12.0 Å². The van der Waals surface area contributed by atoms with Gasteiger partial charge >= 0.3 is 0 Å². The molecule has 1 aromatic carbocycles. The second-order valence-electron chi connectivity index (χ2n) is 3.17. The molecule has 0 aromatic heterocycles. The van der Waals surface area contributed by atoms with E-state index in [-0.39, 0.29) is 5.02 Å². The zero-order chi connectivity index (χ0) is 10.7. The molecule has 14 heavy (non-hydrogen) atoms. The third kappa shape index (κ3) is 2.44. The van der Waals surface area contributed by atoms with Gasteiger partial charge < -0.3 is 10.8 Å². The summed E-state index contributed by atoms with van der Waals surface area (Å²) in [5.41, 5.74) is 6.38. The molecule has 0 aliphatic heterocycles. The zero-order valence-electron chi connectivity index (χ0n) is 7.87. The Hall–Kier alpha value is -0.640.